The van der Waals surface area contributed by atoms with Gasteiger partial charge in [-0.1, -0.05) is 48.5 Å². The molecule has 3 aromatic carbocycles. The van der Waals surface area contributed by atoms with E-state index in [4.69, 9.17) is 0 Å². The molecule has 1 aromatic heterocycles. The third-order valence-electron chi connectivity index (χ3n) is 4.78. The second-order valence-electron chi connectivity index (χ2n) is 6.91. The number of fused-ring (bicyclic) bond motifs is 1. The van der Waals surface area contributed by atoms with Crippen LogP contribution in [-0.2, 0) is 16.6 Å². The summed E-state index contributed by atoms with van der Waals surface area (Å²) in [5.74, 6) is -0.129. The maximum absolute atomic E-state index is 12.9. The van der Waals surface area contributed by atoms with Crippen molar-refractivity contribution in [2.75, 3.05) is 11.8 Å². The zero-order valence-electron chi connectivity index (χ0n) is 16.3. The predicted octanol–water partition coefficient (Wildman–Crippen LogP) is 4.97. The first-order chi connectivity index (χ1) is 14.4. The third kappa shape index (κ3) is 4.22. The van der Waals surface area contributed by atoms with Gasteiger partial charge in [0, 0.05) is 24.8 Å². The lowest BCUT2D eigenvalue weighted by Crippen LogP contribution is -2.26. The molecule has 0 aliphatic heterocycles. The summed E-state index contributed by atoms with van der Waals surface area (Å²) in [5, 5.41) is 3.97. The van der Waals surface area contributed by atoms with Crippen molar-refractivity contribution in [2.45, 2.75) is 10.8 Å². The highest BCUT2D eigenvalue weighted by atomic mass is 32.2. The first-order valence-electron chi connectivity index (χ1n) is 9.32. The van der Waals surface area contributed by atoms with Crippen LogP contribution < -0.4 is 4.72 Å². The molecular formula is C23H20N2O3S2. The smallest absolute Gasteiger partial charge is 0.271 e. The fourth-order valence-electron chi connectivity index (χ4n) is 3.28. The van der Waals surface area contributed by atoms with E-state index in [1.54, 1.807) is 53.7 Å². The average Bonchev–Trinajstić information content (AvgIpc) is 3.30. The van der Waals surface area contributed by atoms with Gasteiger partial charge in [0.05, 0.1) is 0 Å². The summed E-state index contributed by atoms with van der Waals surface area (Å²) >= 11 is 1.15. The van der Waals surface area contributed by atoms with E-state index < -0.39 is 10.0 Å². The van der Waals surface area contributed by atoms with Gasteiger partial charge < -0.3 is 4.90 Å². The van der Waals surface area contributed by atoms with E-state index in [1.165, 1.54) is 0 Å². The Morgan fingerprint density at radius 3 is 2.40 bits per heavy atom. The van der Waals surface area contributed by atoms with Crippen LogP contribution in [0.1, 0.15) is 15.9 Å². The van der Waals surface area contributed by atoms with Gasteiger partial charge in [-0.25, -0.2) is 8.42 Å². The molecule has 0 fully saturated rings. The number of amides is 1. The van der Waals surface area contributed by atoms with Gasteiger partial charge in [-0.3, -0.25) is 9.52 Å². The highest BCUT2D eigenvalue weighted by Crippen LogP contribution is 2.22. The van der Waals surface area contributed by atoms with Crippen molar-refractivity contribution in [3.63, 3.8) is 0 Å². The van der Waals surface area contributed by atoms with Crippen LogP contribution in [0, 0.1) is 0 Å². The molecule has 4 aromatic rings. The summed E-state index contributed by atoms with van der Waals surface area (Å²) in [5.41, 5.74) is 1.98. The van der Waals surface area contributed by atoms with Crippen LogP contribution in [0.25, 0.3) is 10.8 Å². The second kappa shape index (κ2) is 8.30. The summed E-state index contributed by atoms with van der Waals surface area (Å²) in [6, 6.07) is 23.9. The van der Waals surface area contributed by atoms with Crippen LogP contribution in [0.2, 0.25) is 0 Å². The number of thiophene rings is 1. The van der Waals surface area contributed by atoms with E-state index in [1.807, 2.05) is 24.3 Å². The summed E-state index contributed by atoms with van der Waals surface area (Å²) in [7, 11) is -1.85. The summed E-state index contributed by atoms with van der Waals surface area (Å²) in [6.45, 7) is 0.479. The van der Waals surface area contributed by atoms with E-state index >= 15 is 0 Å². The average molecular weight is 437 g/mol. The zero-order chi connectivity index (χ0) is 21.1. The Morgan fingerprint density at radius 2 is 1.67 bits per heavy atom. The Labute approximate surface area is 179 Å². The SMILES string of the molecule is CN(Cc1cccc2ccccc12)C(=O)c1ccc(NS(=O)(=O)c2cccs2)cc1. The minimum atomic E-state index is -3.61. The van der Waals surface area contributed by atoms with Crippen molar-refractivity contribution in [1.82, 2.24) is 4.90 Å². The largest absolute Gasteiger partial charge is 0.337 e. The number of carbonyl (C=O) groups is 1. The van der Waals surface area contributed by atoms with Gasteiger partial charge in [0.1, 0.15) is 4.21 Å². The summed E-state index contributed by atoms with van der Waals surface area (Å²) in [6.07, 6.45) is 0. The molecule has 0 radical (unpaired) electrons. The second-order valence-corrected chi connectivity index (χ2v) is 9.77. The molecule has 7 heteroatoms. The number of anilines is 1. The highest BCUT2D eigenvalue weighted by molar-refractivity contribution is 7.94. The van der Waals surface area contributed by atoms with Crippen LogP contribution >= 0.6 is 11.3 Å². The van der Waals surface area contributed by atoms with Crippen LogP contribution in [-0.4, -0.2) is 26.3 Å². The third-order valence-corrected chi connectivity index (χ3v) is 7.56. The minimum absolute atomic E-state index is 0.129. The zero-order valence-corrected chi connectivity index (χ0v) is 17.9. The van der Waals surface area contributed by atoms with Crippen molar-refractivity contribution in [1.29, 1.82) is 0 Å². The van der Waals surface area contributed by atoms with Crippen molar-refractivity contribution >= 4 is 43.7 Å². The number of hydrogen-bond donors (Lipinski definition) is 1. The summed E-state index contributed by atoms with van der Waals surface area (Å²) < 4.78 is 27.4. The first kappa shape index (κ1) is 20.1. The molecule has 0 atom stereocenters. The van der Waals surface area contributed by atoms with Gasteiger partial charge >= 0.3 is 0 Å². The molecule has 0 aliphatic carbocycles. The lowest BCUT2D eigenvalue weighted by molar-refractivity contribution is 0.0785. The maximum Gasteiger partial charge on any atom is 0.271 e. The Hall–Kier alpha value is -3.16. The van der Waals surface area contributed by atoms with Crippen LogP contribution in [0.15, 0.2) is 88.5 Å². The molecular weight excluding hydrogens is 416 g/mol. The molecule has 152 valence electrons. The molecule has 5 nitrogen and oxygen atoms in total. The Kier molecular flexibility index (Phi) is 5.57. The van der Waals surface area contributed by atoms with Crippen LogP contribution in [0.4, 0.5) is 5.69 Å². The minimum Gasteiger partial charge on any atom is -0.337 e. The van der Waals surface area contributed by atoms with E-state index in [2.05, 4.69) is 22.9 Å². The van der Waals surface area contributed by atoms with Crippen molar-refractivity contribution in [2.24, 2.45) is 0 Å². The number of benzene rings is 3. The van der Waals surface area contributed by atoms with Gasteiger partial charge in [0.15, 0.2) is 0 Å². The fraction of sp³-hybridized carbons (Fsp3) is 0.0870. The lowest BCUT2D eigenvalue weighted by Gasteiger charge is -2.19. The summed E-state index contributed by atoms with van der Waals surface area (Å²) in [4.78, 5) is 14.5. The molecule has 0 saturated carbocycles. The molecule has 0 aliphatic rings. The number of hydrogen-bond acceptors (Lipinski definition) is 4. The molecule has 0 saturated heterocycles. The van der Waals surface area contributed by atoms with Crippen molar-refractivity contribution in [3.05, 3.63) is 95.4 Å². The van der Waals surface area contributed by atoms with Gasteiger partial charge in [-0.2, -0.15) is 0 Å². The van der Waals surface area contributed by atoms with Gasteiger partial charge in [0.2, 0.25) is 0 Å². The highest BCUT2D eigenvalue weighted by Gasteiger charge is 2.17. The molecule has 30 heavy (non-hydrogen) atoms. The van der Waals surface area contributed by atoms with Crippen molar-refractivity contribution < 1.29 is 13.2 Å². The number of sulfonamides is 1. The molecule has 1 heterocycles. The van der Waals surface area contributed by atoms with E-state index in [0.29, 0.717) is 17.8 Å². The Bertz CT molecular complexity index is 1280. The maximum atomic E-state index is 12.9. The predicted molar refractivity (Wildman–Crippen MR) is 121 cm³/mol. The van der Waals surface area contributed by atoms with Gasteiger partial charge in [0.25, 0.3) is 15.9 Å². The molecule has 0 bridgehead atoms. The number of nitrogens with zero attached hydrogens (tertiary/aromatic N) is 1. The topological polar surface area (TPSA) is 66.5 Å². The quantitative estimate of drug-likeness (QED) is 0.464. The Balaban J connectivity index is 1.48. The molecule has 1 amide bonds. The molecule has 1 N–H and O–H groups in total. The van der Waals surface area contributed by atoms with Crippen molar-refractivity contribution in [3.8, 4) is 0 Å². The van der Waals surface area contributed by atoms with E-state index in [9.17, 15) is 13.2 Å². The van der Waals surface area contributed by atoms with Crippen LogP contribution in [0.3, 0.4) is 0 Å². The first-order valence-corrected chi connectivity index (χ1v) is 11.7. The standard InChI is InChI=1S/C23H20N2O3S2/c1-25(16-19-8-4-7-17-6-2-3-9-21(17)19)23(26)18-11-13-20(14-12-18)24-30(27,28)22-10-5-15-29-22/h2-15,24H,16H2,1H3. The molecule has 0 unspecified atom stereocenters. The normalized spacial score (nSPS) is 11.4. The fourth-order valence-corrected chi connectivity index (χ4v) is 5.33. The number of carbonyl (C=O) groups excluding carboxylic acids is 1. The van der Waals surface area contributed by atoms with Crippen LogP contribution in [0.5, 0.6) is 0 Å². The van der Waals surface area contributed by atoms with E-state index in [0.717, 1.165) is 27.7 Å². The van der Waals surface area contributed by atoms with Gasteiger partial charge in [-0.15, -0.1) is 11.3 Å². The molecule has 4 rings (SSSR count). The number of nitrogens with one attached hydrogen (secondary N) is 1. The van der Waals surface area contributed by atoms with Gasteiger partial charge in [-0.05, 0) is 52.0 Å². The monoisotopic (exact) mass is 436 g/mol. The Morgan fingerprint density at radius 1 is 0.933 bits per heavy atom. The number of rotatable bonds is 6. The van der Waals surface area contributed by atoms with E-state index in [-0.39, 0.29) is 10.1 Å². The lowest BCUT2D eigenvalue weighted by atomic mass is 10.0. The molecule has 0 spiro atoms.